The third-order valence-electron chi connectivity index (χ3n) is 1.76. The van der Waals surface area contributed by atoms with Crippen molar-refractivity contribution in [3.63, 3.8) is 0 Å². The Kier molecular flexibility index (Phi) is 4.78. The van der Waals surface area contributed by atoms with Crippen molar-refractivity contribution in [3.05, 3.63) is 40.6 Å². The number of benzene rings is 1. The fourth-order valence-electron chi connectivity index (χ4n) is 1.05. The topological polar surface area (TPSA) is 21.3 Å². The van der Waals surface area contributed by atoms with E-state index in [9.17, 15) is 4.39 Å². The Bertz CT molecular complexity index is 354. The molecule has 4 heteroatoms. The minimum Gasteiger partial charge on any atom is -0.489 e. The van der Waals surface area contributed by atoms with Crippen LogP contribution in [0.25, 0.3) is 0 Å². The van der Waals surface area contributed by atoms with Crippen molar-refractivity contribution in [2.75, 3.05) is 20.2 Å². The van der Waals surface area contributed by atoms with Crippen molar-refractivity contribution in [2.45, 2.75) is 0 Å². The summed E-state index contributed by atoms with van der Waals surface area (Å²) in [6.45, 7) is 4.89. The van der Waals surface area contributed by atoms with Crippen molar-refractivity contribution in [3.8, 4) is 5.75 Å². The molecule has 0 heterocycles. The highest BCUT2D eigenvalue weighted by atomic mass is 79.9. The molecule has 0 unspecified atom stereocenters. The smallest absolute Gasteiger partial charge is 0.141 e. The van der Waals surface area contributed by atoms with Crippen LogP contribution < -0.4 is 10.1 Å². The van der Waals surface area contributed by atoms with Crippen LogP contribution >= 0.6 is 15.9 Å². The molecule has 0 aliphatic heterocycles. The van der Waals surface area contributed by atoms with Crippen LogP contribution in [-0.2, 0) is 0 Å². The van der Waals surface area contributed by atoms with Gasteiger partial charge in [0, 0.05) is 12.6 Å². The summed E-state index contributed by atoms with van der Waals surface area (Å²) < 4.78 is 18.9. The molecule has 0 saturated heterocycles. The first-order chi connectivity index (χ1) is 7.13. The summed E-state index contributed by atoms with van der Waals surface area (Å²) in [5, 5.41) is 2.96. The maximum Gasteiger partial charge on any atom is 0.141 e. The monoisotopic (exact) mass is 273 g/mol. The van der Waals surface area contributed by atoms with Gasteiger partial charge in [0.1, 0.15) is 18.2 Å². The van der Waals surface area contributed by atoms with Gasteiger partial charge in [0.15, 0.2) is 0 Å². The molecule has 1 rings (SSSR count). The second-order valence-corrected chi connectivity index (χ2v) is 4.00. The van der Waals surface area contributed by atoms with Gasteiger partial charge in [-0.15, -0.1) is 0 Å². The maximum atomic E-state index is 13.1. The molecule has 0 amide bonds. The Morgan fingerprint density at radius 3 is 2.93 bits per heavy atom. The number of halogens is 2. The van der Waals surface area contributed by atoms with Crippen LogP contribution in [0.5, 0.6) is 5.75 Å². The van der Waals surface area contributed by atoms with Gasteiger partial charge in [-0.05, 0) is 40.7 Å². The molecule has 0 aromatic heterocycles. The van der Waals surface area contributed by atoms with E-state index in [2.05, 4.69) is 27.8 Å². The maximum absolute atomic E-state index is 13.1. The Morgan fingerprint density at radius 1 is 1.60 bits per heavy atom. The lowest BCUT2D eigenvalue weighted by atomic mass is 10.3. The molecule has 0 aliphatic carbocycles. The van der Waals surface area contributed by atoms with Gasteiger partial charge in [-0.25, -0.2) is 4.39 Å². The highest BCUT2D eigenvalue weighted by molar-refractivity contribution is 9.10. The van der Waals surface area contributed by atoms with Crippen LogP contribution in [0.4, 0.5) is 4.39 Å². The Hall–Kier alpha value is -0.870. The molecule has 0 spiro atoms. The average molecular weight is 274 g/mol. The molecule has 2 nitrogen and oxygen atoms in total. The highest BCUT2D eigenvalue weighted by Gasteiger charge is 2.01. The molecule has 0 aliphatic rings. The van der Waals surface area contributed by atoms with Crippen LogP contribution in [0.2, 0.25) is 0 Å². The van der Waals surface area contributed by atoms with Gasteiger partial charge < -0.3 is 10.1 Å². The SMILES string of the molecule is C=C(CNC)COc1ccc(Br)c(F)c1. The minimum absolute atomic E-state index is 0.327. The molecular weight excluding hydrogens is 261 g/mol. The second-order valence-electron chi connectivity index (χ2n) is 3.14. The standard InChI is InChI=1S/C11H13BrFNO/c1-8(6-14-2)7-15-9-3-4-10(12)11(13)5-9/h3-5,14H,1,6-7H2,2H3. The molecule has 0 saturated carbocycles. The average Bonchev–Trinajstić information content (AvgIpc) is 2.20. The lowest BCUT2D eigenvalue weighted by molar-refractivity contribution is 0.347. The zero-order valence-electron chi connectivity index (χ0n) is 8.52. The predicted molar refractivity (Wildman–Crippen MR) is 62.7 cm³/mol. The van der Waals surface area contributed by atoms with Crippen molar-refractivity contribution in [2.24, 2.45) is 0 Å². The summed E-state index contributed by atoms with van der Waals surface area (Å²) in [6.07, 6.45) is 0. The van der Waals surface area contributed by atoms with Crippen LogP contribution in [-0.4, -0.2) is 20.2 Å². The first-order valence-electron chi connectivity index (χ1n) is 4.52. The number of hydrogen-bond acceptors (Lipinski definition) is 2. The summed E-state index contributed by atoms with van der Waals surface area (Å²) in [7, 11) is 1.84. The lowest BCUT2D eigenvalue weighted by Gasteiger charge is -2.08. The van der Waals surface area contributed by atoms with Crippen LogP contribution in [0.15, 0.2) is 34.8 Å². The second kappa shape index (κ2) is 5.88. The zero-order valence-corrected chi connectivity index (χ0v) is 10.1. The minimum atomic E-state index is -0.327. The fourth-order valence-corrected chi connectivity index (χ4v) is 1.30. The van der Waals surface area contributed by atoms with Gasteiger partial charge in [-0.3, -0.25) is 0 Å². The van der Waals surface area contributed by atoms with Gasteiger partial charge >= 0.3 is 0 Å². The van der Waals surface area contributed by atoms with E-state index in [0.29, 0.717) is 23.4 Å². The first-order valence-corrected chi connectivity index (χ1v) is 5.32. The molecule has 1 aromatic rings. The molecule has 15 heavy (non-hydrogen) atoms. The number of rotatable bonds is 5. The molecule has 1 aromatic carbocycles. The third kappa shape index (κ3) is 4.01. The van der Waals surface area contributed by atoms with E-state index >= 15 is 0 Å². The fraction of sp³-hybridized carbons (Fsp3) is 0.273. The van der Waals surface area contributed by atoms with Gasteiger partial charge in [0.25, 0.3) is 0 Å². The normalized spacial score (nSPS) is 10.1. The number of nitrogens with one attached hydrogen (secondary N) is 1. The van der Waals surface area contributed by atoms with Gasteiger partial charge in [0.2, 0.25) is 0 Å². The summed E-state index contributed by atoms with van der Waals surface area (Å²) in [5.74, 6) is 0.180. The van der Waals surface area contributed by atoms with Crippen LogP contribution in [0, 0.1) is 5.82 Å². The summed E-state index contributed by atoms with van der Waals surface area (Å²) in [4.78, 5) is 0. The number of likely N-dealkylation sites (N-methyl/N-ethyl adjacent to an activating group) is 1. The van der Waals surface area contributed by atoms with E-state index in [1.54, 1.807) is 12.1 Å². The highest BCUT2D eigenvalue weighted by Crippen LogP contribution is 2.21. The van der Waals surface area contributed by atoms with E-state index in [1.807, 2.05) is 7.05 Å². The molecular formula is C11H13BrFNO. The zero-order chi connectivity index (χ0) is 11.3. The summed E-state index contributed by atoms with van der Waals surface area (Å²) >= 11 is 3.08. The van der Waals surface area contributed by atoms with E-state index < -0.39 is 0 Å². The molecule has 82 valence electrons. The molecule has 0 atom stereocenters. The number of hydrogen-bond donors (Lipinski definition) is 1. The molecule has 0 bridgehead atoms. The molecule has 0 fully saturated rings. The largest absolute Gasteiger partial charge is 0.489 e. The van der Waals surface area contributed by atoms with Crippen molar-refractivity contribution < 1.29 is 9.13 Å². The third-order valence-corrected chi connectivity index (χ3v) is 2.40. The van der Waals surface area contributed by atoms with Gasteiger partial charge in [-0.1, -0.05) is 6.58 Å². The first kappa shape index (κ1) is 12.2. The predicted octanol–water partition coefficient (Wildman–Crippen LogP) is 2.74. The lowest BCUT2D eigenvalue weighted by Crippen LogP contribution is -2.14. The van der Waals surface area contributed by atoms with E-state index in [1.165, 1.54) is 6.07 Å². The summed E-state index contributed by atoms with van der Waals surface area (Å²) in [5.41, 5.74) is 0.917. The van der Waals surface area contributed by atoms with Crippen molar-refractivity contribution in [1.82, 2.24) is 5.32 Å². The van der Waals surface area contributed by atoms with E-state index in [-0.39, 0.29) is 5.82 Å². The van der Waals surface area contributed by atoms with Crippen LogP contribution in [0.1, 0.15) is 0 Å². The van der Waals surface area contributed by atoms with Crippen molar-refractivity contribution >= 4 is 15.9 Å². The van der Waals surface area contributed by atoms with E-state index in [0.717, 1.165) is 5.57 Å². The number of ether oxygens (including phenoxy) is 1. The molecule has 0 radical (unpaired) electrons. The van der Waals surface area contributed by atoms with Gasteiger partial charge in [-0.2, -0.15) is 0 Å². The van der Waals surface area contributed by atoms with Gasteiger partial charge in [0.05, 0.1) is 4.47 Å². The Labute approximate surface area is 97.3 Å². The molecule has 1 N–H and O–H groups in total. The summed E-state index contributed by atoms with van der Waals surface area (Å²) in [6, 6.07) is 4.67. The van der Waals surface area contributed by atoms with Crippen molar-refractivity contribution in [1.29, 1.82) is 0 Å². The van der Waals surface area contributed by atoms with E-state index in [4.69, 9.17) is 4.74 Å². The van der Waals surface area contributed by atoms with Crippen LogP contribution in [0.3, 0.4) is 0 Å². The Morgan fingerprint density at radius 2 is 2.33 bits per heavy atom. The quantitative estimate of drug-likeness (QED) is 0.834. The Balaban J connectivity index is 2.51.